The van der Waals surface area contributed by atoms with E-state index in [4.69, 9.17) is 9.31 Å². The molecule has 20 heavy (non-hydrogen) atoms. The van der Waals surface area contributed by atoms with Gasteiger partial charge in [0.25, 0.3) is 0 Å². The molecule has 0 atom stereocenters. The van der Waals surface area contributed by atoms with Crippen LogP contribution in [-0.2, 0) is 9.31 Å². The molecule has 1 aliphatic heterocycles. The van der Waals surface area contributed by atoms with Crippen molar-refractivity contribution in [3.05, 3.63) is 36.8 Å². The first kappa shape index (κ1) is 13.3. The van der Waals surface area contributed by atoms with Crippen molar-refractivity contribution in [3.8, 4) is 5.82 Å². The Bertz CT molecular complexity index is 594. The lowest BCUT2D eigenvalue weighted by molar-refractivity contribution is 0.00578. The fraction of sp³-hybridized carbons (Fsp3) is 0.429. The van der Waals surface area contributed by atoms with Crippen molar-refractivity contribution >= 4 is 12.6 Å². The molecule has 1 saturated heterocycles. The van der Waals surface area contributed by atoms with Gasteiger partial charge < -0.3 is 9.31 Å². The van der Waals surface area contributed by atoms with Crippen LogP contribution in [0.3, 0.4) is 0 Å². The molecule has 0 aromatic carbocycles. The summed E-state index contributed by atoms with van der Waals surface area (Å²) in [5.41, 5.74) is 0.213. The lowest BCUT2D eigenvalue weighted by Gasteiger charge is -2.32. The molecule has 1 aliphatic rings. The molecule has 0 saturated carbocycles. The Morgan fingerprint density at radius 3 is 2.40 bits per heavy atom. The molecule has 6 heteroatoms. The predicted molar refractivity (Wildman–Crippen MR) is 77.1 cm³/mol. The lowest BCUT2D eigenvalue weighted by atomic mass is 9.82. The van der Waals surface area contributed by atoms with Gasteiger partial charge in [-0.3, -0.25) is 0 Å². The van der Waals surface area contributed by atoms with Crippen LogP contribution < -0.4 is 5.46 Å². The Morgan fingerprint density at radius 1 is 1.10 bits per heavy atom. The van der Waals surface area contributed by atoms with Crippen molar-refractivity contribution in [1.82, 2.24) is 14.8 Å². The Balaban J connectivity index is 1.86. The van der Waals surface area contributed by atoms with Crippen molar-refractivity contribution in [2.24, 2.45) is 0 Å². The molecule has 2 aromatic heterocycles. The minimum atomic E-state index is -0.391. The average Bonchev–Trinajstić information content (AvgIpc) is 2.94. The van der Waals surface area contributed by atoms with E-state index in [0.717, 1.165) is 11.3 Å². The normalized spacial score (nSPS) is 20.3. The van der Waals surface area contributed by atoms with Crippen LogP contribution in [0.1, 0.15) is 27.7 Å². The molecule has 0 aliphatic carbocycles. The highest BCUT2D eigenvalue weighted by Gasteiger charge is 2.52. The number of aromatic nitrogens is 3. The summed E-state index contributed by atoms with van der Waals surface area (Å²) < 4.78 is 13.7. The Morgan fingerprint density at radius 2 is 1.80 bits per heavy atom. The molecule has 0 bridgehead atoms. The summed E-state index contributed by atoms with van der Waals surface area (Å²) in [5, 5.41) is 4.32. The summed E-state index contributed by atoms with van der Waals surface area (Å²) >= 11 is 0. The smallest absolute Gasteiger partial charge is 0.399 e. The maximum Gasteiger partial charge on any atom is 0.498 e. The third-order valence-corrected chi connectivity index (χ3v) is 4.01. The van der Waals surface area contributed by atoms with Crippen LogP contribution in [0.5, 0.6) is 0 Å². The number of rotatable bonds is 2. The fourth-order valence-electron chi connectivity index (χ4n) is 2.05. The molecule has 0 radical (unpaired) electrons. The number of nitrogens with zero attached hydrogens (tertiary/aromatic N) is 3. The average molecular weight is 271 g/mol. The summed E-state index contributed by atoms with van der Waals surface area (Å²) in [7, 11) is -0.391. The molecule has 104 valence electrons. The van der Waals surface area contributed by atoms with Crippen molar-refractivity contribution in [3.63, 3.8) is 0 Å². The molecule has 3 heterocycles. The first-order chi connectivity index (χ1) is 9.39. The molecule has 5 nitrogen and oxygen atoms in total. The molecule has 0 spiro atoms. The quantitative estimate of drug-likeness (QED) is 0.778. The van der Waals surface area contributed by atoms with Gasteiger partial charge in [0, 0.05) is 24.1 Å². The monoisotopic (exact) mass is 271 g/mol. The Labute approximate surface area is 119 Å². The van der Waals surface area contributed by atoms with Gasteiger partial charge in [-0.2, -0.15) is 5.10 Å². The van der Waals surface area contributed by atoms with Gasteiger partial charge in [0.2, 0.25) is 0 Å². The van der Waals surface area contributed by atoms with E-state index in [-0.39, 0.29) is 11.2 Å². The van der Waals surface area contributed by atoms with E-state index in [0.29, 0.717) is 0 Å². The molecular formula is C14H18BN3O2. The predicted octanol–water partition coefficient (Wildman–Crippen LogP) is 1.57. The van der Waals surface area contributed by atoms with Gasteiger partial charge in [0.05, 0.1) is 11.2 Å². The fourth-order valence-corrected chi connectivity index (χ4v) is 2.05. The maximum atomic E-state index is 6.00. The van der Waals surface area contributed by atoms with Gasteiger partial charge in [-0.05, 0) is 39.8 Å². The largest absolute Gasteiger partial charge is 0.498 e. The van der Waals surface area contributed by atoms with E-state index in [9.17, 15) is 0 Å². The van der Waals surface area contributed by atoms with Gasteiger partial charge in [0.1, 0.15) is 0 Å². The molecule has 1 fully saturated rings. The standard InChI is InChI=1S/C14H18BN3O2/c1-13(2)14(3,4)20-15(19-13)11-9-17-18(10-11)12-7-5-6-8-16-12/h5-10H,1-4H3. The molecule has 0 N–H and O–H groups in total. The molecule has 0 unspecified atom stereocenters. The van der Waals surface area contributed by atoms with Crippen LogP contribution in [0, 0.1) is 0 Å². The van der Waals surface area contributed by atoms with Crippen molar-refractivity contribution in [1.29, 1.82) is 0 Å². The summed E-state index contributed by atoms with van der Waals surface area (Å²) in [6, 6.07) is 5.71. The number of hydrogen-bond donors (Lipinski definition) is 0. The zero-order valence-electron chi connectivity index (χ0n) is 12.2. The Hall–Kier alpha value is -1.66. The van der Waals surface area contributed by atoms with E-state index in [2.05, 4.69) is 10.1 Å². The van der Waals surface area contributed by atoms with Gasteiger partial charge in [0.15, 0.2) is 5.82 Å². The highest BCUT2D eigenvalue weighted by molar-refractivity contribution is 6.62. The first-order valence-electron chi connectivity index (χ1n) is 6.71. The van der Waals surface area contributed by atoms with Crippen LogP contribution in [0.25, 0.3) is 5.82 Å². The zero-order valence-corrected chi connectivity index (χ0v) is 12.2. The van der Waals surface area contributed by atoms with Crippen LogP contribution in [0.2, 0.25) is 0 Å². The summed E-state index contributed by atoms with van der Waals surface area (Å²) in [6.07, 6.45) is 5.40. The van der Waals surface area contributed by atoms with Crippen LogP contribution >= 0.6 is 0 Å². The van der Waals surface area contributed by atoms with E-state index >= 15 is 0 Å². The van der Waals surface area contributed by atoms with E-state index in [1.54, 1.807) is 17.1 Å². The van der Waals surface area contributed by atoms with Crippen LogP contribution in [-0.4, -0.2) is 33.1 Å². The summed E-state index contributed by atoms with van der Waals surface area (Å²) in [6.45, 7) is 8.15. The third-order valence-electron chi connectivity index (χ3n) is 4.01. The minimum absolute atomic E-state index is 0.342. The third kappa shape index (κ3) is 2.15. The molecule has 2 aromatic rings. The van der Waals surface area contributed by atoms with Crippen LogP contribution in [0.4, 0.5) is 0 Å². The second kappa shape index (κ2) is 4.43. The van der Waals surface area contributed by atoms with Crippen molar-refractivity contribution in [2.75, 3.05) is 0 Å². The Kier molecular flexibility index (Phi) is 2.95. The van der Waals surface area contributed by atoms with Crippen molar-refractivity contribution < 1.29 is 9.31 Å². The van der Waals surface area contributed by atoms with E-state index in [1.165, 1.54) is 0 Å². The second-order valence-electron chi connectivity index (χ2n) is 5.99. The van der Waals surface area contributed by atoms with Gasteiger partial charge in [-0.1, -0.05) is 6.07 Å². The second-order valence-corrected chi connectivity index (χ2v) is 5.99. The summed E-state index contributed by atoms with van der Waals surface area (Å²) in [5.74, 6) is 0.773. The zero-order chi connectivity index (χ0) is 14.4. The van der Waals surface area contributed by atoms with E-state index < -0.39 is 7.12 Å². The van der Waals surface area contributed by atoms with Gasteiger partial charge in [-0.25, -0.2) is 9.67 Å². The molecule has 3 rings (SSSR count). The highest BCUT2D eigenvalue weighted by Crippen LogP contribution is 2.36. The van der Waals surface area contributed by atoms with Crippen LogP contribution in [0.15, 0.2) is 36.8 Å². The van der Waals surface area contributed by atoms with Gasteiger partial charge in [-0.15, -0.1) is 0 Å². The number of hydrogen-bond acceptors (Lipinski definition) is 4. The van der Waals surface area contributed by atoms with Gasteiger partial charge >= 0.3 is 7.12 Å². The lowest BCUT2D eigenvalue weighted by Crippen LogP contribution is -2.41. The minimum Gasteiger partial charge on any atom is -0.399 e. The highest BCUT2D eigenvalue weighted by atomic mass is 16.7. The van der Waals surface area contributed by atoms with Crippen molar-refractivity contribution in [2.45, 2.75) is 38.9 Å². The SMILES string of the molecule is CC1(C)OB(c2cnn(-c3ccccn3)c2)OC1(C)C. The summed E-state index contributed by atoms with van der Waals surface area (Å²) in [4.78, 5) is 4.26. The number of pyridine rings is 1. The first-order valence-corrected chi connectivity index (χ1v) is 6.71. The maximum absolute atomic E-state index is 6.00. The topological polar surface area (TPSA) is 49.2 Å². The van der Waals surface area contributed by atoms with E-state index in [1.807, 2.05) is 52.1 Å². The molecule has 0 amide bonds. The molecular weight excluding hydrogens is 253 g/mol.